The van der Waals surface area contributed by atoms with Crippen LogP contribution in [0.3, 0.4) is 0 Å². The van der Waals surface area contributed by atoms with Crippen molar-refractivity contribution in [3.8, 4) is 17.0 Å². The summed E-state index contributed by atoms with van der Waals surface area (Å²) in [7, 11) is -3.92. The molecule has 170 valence electrons. The molecule has 2 heterocycles. The number of fused-ring (bicyclic) bond motifs is 1. The van der Waals surface area contributed by atoms with E-state index in [9.17, 15) is 8.42 Å². The third-order valence-electron chi connectivity index (χ3n) is 5.87. The van der Waals surface area contributed by atoms with Crippen molar-refractivity contribution in [2.24, 2.45) is 0 Å². The van der Waals surface area contributed by atoms with Crippen LogP contribution in [0.15, 0.2) is 82.3 Å². The predicted octanol–water partition coefficient (Wildman–Crippen LogP) is 6.28. The number of rotatable bonds is 6. The van der Waals surface area contributed by atoms with E-state index in [2.05, 4.69) is 21.2 Å². The summed E-state index contributed by atoms with van der Waals surface area (Å²) >= 11 is 3.56. The minimum Gasteiger partial charge on any atom is -0.379 e. The van der Waals surface area contributed by atoms with Gasteiger partial charge in [-0.1, -0.05) is 49.6 Å². The van der Waals surface area contributed by atoms with Crippen molar-refractivity contribution in [1.82, 2.24) is 9.38 Å². The van der Waals surface area contributed by atoms with E-state index in [1.165, 1.54) is 31.4 Å². The van der Waals surface area contributed by atoms with Gasteiger partial charge in [-0.2, -0.15) is 8.42 Å². The molecule has 0 atom stereocenters. The van der Waals surface area contributed by atoms with E-state index in [1.807, 2.05) is 28.8 Å². The number of hydrogen-bond acceptors (Lipinski definition) is 5. The molecule has 1 fully saturated rings. The molecule has 5 rings (SSSR count). The number of nitrogens with one attached hydrogen (secondary N) is 1. The van der Waals surface area contributed by atoms with E-state index in [1.54, 1.807) is 36.4 Å². The summed E-state index contributed by atoms with van der Waals surface area (Å²) in [5.41, 5.74) is 2.37. The number of pyridine rings is 1. The highest BCUT2D eigenvalue weighted by Crippen LogP contribution is 2.34. The maximum Gasteiger partial charge on any atom is 0.339 e. The molecule has 2 aromatic heterocycles. The maximum absolute atomic E-state index is 12.7. The van der Waals surface area contributed by atoms with E-state index < -0.39 is 10.1 Å². The van der Waals surface area contributed by atoms with Crippen LogP contribution in [0.4, 0.5) is 5.82 Å². The van der Waals surface area contributed by atoms with Crippen molar-refractivity contribution in [2.75, 3.05) is 5.32 Å². The van der Waals surface area contributed by atoms with Crippen molar-refractivity contribution < 1.29 is 12.6 Å². The Labute approximate surface area is 201 Å². The molecule has 0 amide bonds. The molecule has 33 heavy (non-hydrogen) atoms. The molecule has 0 radical (unpaired) electrons. The normalized spacial score (nSPS) is 14.9. The van der Waals surface area contributed by atoms with Crippen LogP contribution in [0.25, 0.3) is 16.9 Å². The second-order valence-electron chi connectivity index (χ2n) is 8.24. The number of nitrogens with zero attached hydrogens (tertiary/aromatic N) is 2. The Bertz CT molecular complexity index is 1380. The van der Waals surface area contributed by atoms with Crippen molar-refractivity contribution >= 4 is 37.5 Å². The average Bonchev–Trinajstić information content (AvgIpc) is 3.18. The van der Waals surface area contributed by atoms with E-state index in [0.717, 1.165) is 40.0 Å². The van der Waals surface area contributed by atoms with Crippen LogP contribution in [-0.2, 0) is 10.1 Å². The smallest absolute Gasteiger partial charge is 0.339 e. The van der Waals surface area contributed by atoms with Crippen LogP contribution in [0.5, 0.6) is 5.75 Å². The highest BCUT2D eigenvalue weighted by Gasteiger charge is 2.21. The van der Waals surface area contributed by atoms with Crippen molar-refractivity contribution in [2.45, 2.75) is 43.0 Å². The average molecular weight is 526 g/mol. The molecule has 6 nitrogen and oxygen atoms in total. The Morgan fingerprint density at radius 1 is 0.970 bits per heavy atom. The second kappa shape index (κ2) is 9.19. The Kier molecular flexibility index (Phi) is 6.12. The van der Waals surface area contributed by atoms with Crippen molar-refractivity contribution in [3.05, 3.63) is 77.4 Å². The van der Waals surface area contributed by atoms with Crippen LogP contribution < -0.4 is 9.50 Å². The summed E-state index contributed by atoms with van der Waals surface area (Å²) in [6.45, 7) is 0. The second-order valence-corrected chi connectivity index (χ2v) is 10.7. The molecule has 0 spiro atoms. The third-order valence-corrected chi connectivity index (χ3v) is 7.60. The standard InChI is InChI=1S/C25H24BrN3O3S/c26-19-14-15-23-28-24(25(29(23)17-19)27-20-9-3-1-4-10-20)18-8-7-11-21(16-18)32-33(30,31)22-12-5-2-6-13-22/h2,5-8,11-17,20,27H,1,3-4,9-10H2. The lowest BCUT2D eigenvalue weighted by Gasteiger charge is -2.24. The van der Waals surface area contributed by atoms with Crippen LogP contribution in [0, 0.1) is 0 Å². The van der Waals surface area contributed by atoms with Gasteiger partial charge in [0.15, 0.2) is 0 Å². The minimum absolute atomic E-state index is 0.118. The number of aromatic nitrogens is 2. The van der Waals surface area contributed by atoms with E-state index in [4.69, 9.17) is 9.17 Å². The number of hydrogen-bond donors (Lipinski definition) is 1. The molecule has 2 aromatic carbocycles. The zero-order valence-corrected chi connectivity index (χ0v) is 20.3. The Morgan fingerprint density at radius 2 is 1.76 bits per heavy atom. The fourth-order valence-corrected chi connectivity index (χ4v) is 5.54. The first-order valence-corrected chi connectivity index (χ1v) is 13.2. The number of halogens is 1. The minimum atomic E-state index is -3.92. The molecule has 1 N–H and O–H groups in total. The summed E-state index contributed by atoms with van der Waals surface area (Å²) in [6.07, 6.45) is 7.96. The number of benzene rings is 2. The Hall–Kier alpha value is -2.84. The molecule has 1 saturated carbocycles. The van der Waals surface area contributed by atoms with Gasteiger partial charge in [0.1, 0.15) is 27.8 Å². The Morgan fingerprint density at radius 3 is 2.55 bits per heavy atom. The summed E-state index contributed by atoms with van der Waals surface area (Å²) in [6, 6.07) is 19.5. The molecule has 0 saturated heterocycles. The SMILES string of the molecule is O=S(=O)(Oc1cccc(-c2nc3ccc(Br)cn3c2NC2CCCCC2)c1)c1ccccc1. The van der Waals surface area contributed by atoms with Crippen molar-refractivity contribution in [3.63, 3.8) is 0 Å². The zero-order chi connectivity index (χ0) is 22.8. The van der Waals surface area contributed by atoms with Gasteiger partial charge in [-0.3, -0.25) is 4.40 Å². The fourth-order valence-electron chi connectivity index (χ4n) is 4.26. The van der Waals surface area contributed by atoms with Gasteiger partial charge in [0, 0.05) is 22.3 Å². The molecular weight excluding hydrogens is 502 g/mol. The fraction of sp³-hybridized carbons (Fsp3) is 0.240. The lowest BCUT2D eigenvalue weighted by Crippen LogP contribution is -2.23. The first kappa shape index (κ1) is 22.0. The molecule has 0 unspecified atom stereocenters. The van der Waals surface area contributed by atoms with Gasteiger partial charge in [0.05, 0.1) is 0 Å². The quantitative estimate of drug-likeness (QED) is 0.300. The van der Waals surface area contributed by atoms with E-state index in [-0.39, 0.29) is 10.6 Å². The molecule has 4 aromatic rings. The van der Waals surface area contributed by atoms with Gasteiger partial charge >= 0.3 is 10.1 Å². The maximum atomic E-state index is 12.7. The highest BCUT2D eigenvalue weighted by atomic mass is 79.9. The van der Waals surface area contributed by atoms with Gasteiger partial charge < -0.3 is 9.50 Å². The van der Waals surface area contributed by atoms with Crippen LogP contribution >= 0.6 is 15.9 Å². The van der Waals surface area contributed by atoms with Gasteiger partial charge in [0.2, 0.25) is 0 Å². The molecule has 8 heteroatoms. The molecule has 1 aliphatic carbocycles. The number of anilines is 1. The lowest BCUT2D eigenvalue weighted by atomic mass is 9.95. The topological polar surface area (TPSA) is 72.7 Å². The summed E-state index contributed by atoms with van der Waals surface area (Å²) in [5, 5.41) is 3.71. The lowest BCUT2D eigenvalue weighted by molar-refractivity contribution is 0.462. The molecule has 1 aliphatic rings. The van der Waals surface area contributed by atoms with Gasteiger partial charge in [-0.15, -0.1) is 0 Å². The van der Waals surface area contributed by atoms with Crippen LogP contribution in [-0.4, -0.2) is 23.8 Å². The predicted molar refractivity (Wildman–Crippen MR) is 133 cm³/mol. The summed E-state index contributed by atoms with van der Waals surface area (Å²) < 4.78 is 33.8. The van der Waals surface area contributed by atoms with Gasteiger partial charge in [-0.05, 0) is 65.2 Å². The van der Waals surface area contributed by atoms with Gasteiger partial charge in [-0.25, -0.2) is 4.98 Å². The van der Waals surface area contributed by atoms with Gasteiger partial charge in [0.25, 0.3) is 0 Å². The molecule has 0 aliphatic heterocycles. The monoisotopic (exact) mass is 525 g/mol. The Balaban J connectivity index is 1.53. The van der Waals surface area contributed by atoms with Crippen LogP contribution in [0.2, 0.25) is 0 Å². The zero-order valence-electron chi connectivity index (χ0n) is 17.9. The van der Waals surface area contributed by atoms with E-state index in [0.29, 0.717) is 6.04 Å². The summed E-state index contributed by atoms with van der Waals surface area (Å²) in [4.78, 5) is 4.98. The number of imidazole rings is 1. The van der Waals surface area contributed by atoms with Crippen molar-refractivity contribution in [1.29, 1.82) is 0 Å². The summed E-state index contributed by atoms with van der Waals surface area (Å²) in [5.74, 6) is 1.15. The largest absolute Gasteiger partial charge is 0.379 e. The third kappa shape index (κ3) is 4.77. The molecule has 0 bridgehead atoms. The van der Waals surface area contributed by atoms with Crippen LogP contribution in [0.1, 0.15) is 32.1 Å². The first-order chi connectivity index (χ1) is 16.0. The van der Waals surface area contributed by atoms with E-state index >= 15 is 0 Å². The molecular formula is C25H24BrN3O3S. The first-order valence-electron chi connectivity index (χ1n) is 11.0. The highest BCUT2D eigenvalue weighted by molar-refractivity contribution is 9.10.